The first-order valence-corrected chi connectivity index (χ1v) is 5.54. The third-order valence-corrected chi connectivity index (χ3v) is 2.91. The average Bonchev–Trinajstić information content (AvgIpc) is 2.08. The number of nitrogens with one attached hydrogen (secondary N) is 1. The van der Waals surface area contributed by atoms with Gasteiger partial charge < -0.3 is 5.32 Å². The Balaban J connectivity index is 0. The van der Waals surface area contributed by atoms with E-state index in [1.54, 1.807) is 0 Å². The molecule has 1 rings (SSSR count). The molecule has 0 saturated heterocycles. The van der Waals surface area contributed by atoms with Crippen molar-refractivity contribution in [1.29, 1.82) is 0 Å². The Bertz CT molecular complexity index is 94.8. The molecular formula is C11H27N. The van der Waals surface area contributed by atoms with Crippen LogP contribution in [0.15, 0.2) is 0 Å². The summed E-state index contributed by atoms with van der Waals surface area (Å²) in [4.78, 5) is 0. The van der Waals surface area contributed by atoms with Crippen LogP contribution in [-0.4, -0.2) is 13.1 Å². The largest absolute Gasteiger partial charge is 0.316 e. The summed E-state index contributed by atoms with van der Waals surface area (Å²) in [6.45, 7) is 10.9. The minimum Gasteiger partial charge on any atom is -0.316 e. The van der Waals surface area contributed by atoms with Gasteiger partial charge >= 0.3 is 0 Å². The van der Waals surface area contributed by atoms with Gasteiger partial charge in [0, 0.05) is 7.97 Å². The highest BCUT2D eigenvalue weighted by molar-refractivity contribution is 4.87. The second-order valence-electron chi connectivity index (χ2n) is 3.49. The summed E-state index contributed by atoms with van der Waals surface area (Å²) in [6, 6.07) is 0. The first-order valence-electron chi connectivity index (χ1n) is 5.54. The van der Waals surface area contributed by atoms with Crippen LogP contribution in [0.1, 0.15) is 54.8 Å². The molecule has 0 bridgehead atoms. The highest BCUT2D eigenvalue weighted by Crippen LogP contribution is 2.42. The zero-order chi connectivity index (χ0) is 9.45. The van der Waals surface area contributed by atoms with Crippen molar-refractivity contribution in [3.8, 4) is 0 Å². The lowest BCUT2D eigenvalue weighted by Crippen LogP contribution is -2.39. The van der Waals surface area contributed by atoms with Crippen LogP contribution in [0.2, 0.25) is 0 Å². The lowest BCUT2D eigenvalue weighted by Gasteiger charge is -2.41. The summed E-state index contributed by atoms with van der Waals surface area (Å²) < 4.78 is 0. The Morgan fingerprint density at radius 1 is 1.25 bits per heavy atom. The van der Waals surface area contributed by atoms with Gasteiger partial charge in [-0.05, 0) is 31.2 Å². The zero-order valence-electron chi connectivity index (χ0n) is 9.24. The standard InChI is InChI=1S/C9H19N.C2H6.H2/c1-3-9(6-5-7-9)8-10-4-2;1-2;/h10H,3-8H2,1-2H3;1-2H3;1H. The van der Waals surface area contributed by atoms with Crippen molar-refractivity contribution < 1.29 is 1.43 Å². The Kier molecular flexibility index (Phi) is 6.45. The van der Waals surface area contributed by atoms with Crippen LogP contribution in [0.25, 0.3) is 0 Å². The van der Waals surface area contributed by atoms with Crippen LogP contribution in [0, 0.1) is 5.41 Å². The second-order valence-corrected chi connectivity index (χ2v) is 3.49. The molecule has 0 aromatic carbocycles. The van der Waals surface area contributed by atoms with Crippen molar-refractivity contribution in [2.75, 3.05) is 13.1 Å². The zero-order valence-corrected chi connectivity index (χ0v) is 9.24. The van der Waals surface area contributed by atoms with E-state index in [-0.39, 0.29) is 1.43 Å². The van der Waals surface area contributed by atoms with Gasteiger partial charge in [-0.25, -0.2) is 0 Å². The van der Waals surface area contributed by atoms with Gasteiger partial charge in [0.2, 0.25) is 0 Å². The molecule has 1 N–H and O–H groups in total. The van der Waals surface area contributed by atoms with Crippen LogP contribution < -0.4 is 5.32 Å². The summed E-state index contributed by atoms with van der Waals surface area (Å²) in [6.07, 6.45) is 5.73. The monoisotopic (exact) mass is 173 g/mol. The molecule has 0 aromatic heterocycles. The predicted octanol–water partition coefficient (Wildman–Crippen LogP) is 3.45. The maximum atomic E-state index is 3.44. The molecule has 0 radical (unpaired) electrons. The average molecular weight is 173 g/mol. The third kappa shape index (κ3) is 3.14. The lowest BCUT2D eigenvalue weighted by molar-refractivity contribution is 0.125. The summed E-state index contributed by atoms with van der Waals surface area (Å²) >= 11 is 0. The molecule has 76 valence electrons. The molecule has 0 amide bonds. The van der Waals surface area contributed by atoms with Crippen molar-refractivity contribution >= 4 is 0 Å². The molecule has 12 heavy (non-hydrogen) atoms. The van der Waals surface area contributed by atoms with Gasteiger partial charge in [-0.3, -0.25) is 0 Å². The highest BCUT2D eigenvalue weighted by atomic mass is 14.9. The van der Waals surface area contributed by atoms with Gasteiger partial charge in [-0.2, -0.15) is 0 Å². The molecule has 0 heterocycles. The lowest BCUT2D eigenvalue weighted by atomic mass is 9.67. The maximum absolute atomic E-state index is 3.44. The van der Waals surface area contributed by atoms with Gasteiger partial charge in [-0.15, -0.1) is 0 Å². The number of rotatable bonds is 4. The third-order valence-electron chi connectivity index (χ3n) is 2.91. The molecule has 1 nitrogen and oxygen atoms in total. The summed E-state index contributed by atoms with van der Waals surface area (Å²) in [5.74, 6) is 0. The molecule has 1 fully saturated rings. The second kappa shape index (κ2) is 6.47. The topological polar surface area (TPSA) is 12.0 Å². The van der Waals surface area contributed by atoms with Crippen molar-refractivity contribution in [1.82, 2.24) is 5.32 Å². The van der Waals surface area contributed by atoms with Crippen LogP contribution in [0.5, 0.6) is 0 Å². The van der Waals surface area contributed by atoms with Crippen molar-refractivity contribution in [2.45, 2.75) is 53.4 Å². The first-order chi connectivity index (χ1) is 5.83. The Hall–Kier alpha value is -0.0400. The normalized spacial score (nSPS) is 19.0. The molecule has 1 aliphatic rings. The van der Waals surface area contributed by atoms with E-state index in [4.69, 9.17) is 0 Å². The van der Waals surface area contributed by atoms with Gasteiger partial charge in [0.1, 0.15) is 0 Å². The molecule has 0 aromatic rings. The minimum absolute atomic E-state index is 0. The fourth-order valence-corrected chi connectivity index (χ4v) is 1.72. The fourth-order valence-electron chi connectivity index (χ4n) is 1.72. The molecule has 0 aliphatic heterocycles. The van der Waals surface area contributed by atoms with Crippen LogP contribution >= 0.6 is 0 Å². The van der Waals surface area contributed by atoms with Gasteiger partial charge in [-0.1, -0.05) is 34.1 Å². The molecule has 0 spiro atoms. The van der Waals surface area contributed by atoms with Crippen LogP contribution in [-0.2, 0) is 0 Å². The molecule has 0 unspecified atom stereocenters. The van der Waals surface area contributed by atoms with E-state index in [1.807, 2.05) is 13.8 Å². The smallest absolute Gasteiger partial charge is 0.000759 e. The van der Waals surface area contributed by atoms with E-state index in [0.29, 0.717) is 5.41 Å². The molecule has 1 saturated carbocycles. The van der Waals surface area contributed by atoms with Crippen molar-refractivity contribution in [3.05, 3.63) is 0 Å². The summed E-state index contributed by atoms with van der Waals surface area (Å²) in [5.41, 5.74) is 0.704. The van der Waals surface area contributed by atoms with E-state index in [9.17, 15) is 0 Å². The molecule has 1 aliphatic carbocycles. The van der Waals surface area contributed by atoms with Crippen molar-refractivity contribution in [3.63, 3.8) is 0 Å². The number of hydrogen-bond acceptors (Lipinski definition) is 1. The molecular weight excluding hydrogens is 146 g/mol. The Morgan fingerprint density at radius 2 is 1.83 bits per heavy atom. The number of hydrogen-bond donors (Lipinski definition) is 1. The minimum atomic E-state index is 0. The molecule has 1 heteroatoms. The fraction of sp³-hybridized carbons (Fsp3) is 1.00. The van der Waals surface area contributed by atoms with Crippen LogP contribution in [0.3, 0.4) is 0 Å². The Morgan fingerprint density at radius 3 is 2.08 bits per heavy atom. The highest BCUT2D eigenvalue weighted by Gasteiger charge is 2.33. The SMILES string of the molecule is CC.CCNCC1(CC)CCC1.[HH]. The van der Waals surface area contributed by atoms with Gasteiger partial charge in [0.05, 0.1) is 0 Å². The van der Waals surface area contributed by atoms with Gasteiger partial charge in [0.15, 0.2) is 0 Å². The quantitative estimate of drug-likeness (QED) is 0.686. The van der Waals surface area contributed by atoms with E-state index in [0.717, 1.165) is 6.54 Å². The molecule has 0 atom stereocenters. The Labute approximate surface area is 79.4 Å². The van der Waals surface area contributed by atoms with Crippen molar-refractivity contribution in [2.24, 2.45) is 5.41 Å². The van der Waals surface area contributed by atoms with Gasteiger partial charge in [0.25, 0.3) is 0 Å². The maximum Gasteiger partial charge on any atom is 0.000759 e. The summed E-state index contributed by atoms with van der Waals surface area (Å²) in [7, 11) is 0. The van der Waals surface area contributed by atoms with E-state index in [1.165, 1.54) is 32.2 Å². The van der Waals surface area contributed by atoms with E-state index in [2.05, 4.69) is 19.2 Å². The first kappa shape index (κ1) is 12.0. The van der Waals surface area contributed by atoms with Crippen LogP contribution in [0.4, 0.5) is 0 Å². The van der Waals surface area contributed by atoms with E-state index < -0.39 is 0 Å². The predicted molar refractivity (Wildman–Crippen MR) is 58.6 cm³/mol. The van der Waals surface area contributed by atoms with E-state index >= 15 is 0 Å². The summed E-state index contributed by atoms with van der Waals surface area (Å²) in [5, 5.41) is 3.44.